The number of rotatable bonds is 4. The maximum atomic E-state index is 12.0. The van der Waals surface area contributed by atoms with Crippen molar-refractivity contribution in [2.75, 3.05) is 22.4 Å². The van der Waals surface area contributed by atoms with Gasteiger partial charge in [0.05, 0.1) is 18.4 Å². The van der Waals surface area contributed by atoms with E-state index < -0.39 is 10.0 Å². The van der Waals surface area contributed by atoms with Gasteiger partial charge in [-0.1, -0.05) is 5.16 Å². The van der Waals surface area contributed by atoms with E-state index in [2.05, 4.69) is 15.5 Å². The second-order valence-corrected chi connectivity index (χ2v) is 7.29. The van der Waals surface area contributed by atoms with Crippen molar-refractivity contribution in [3.05, 3.63) is 35.5 Å². The summed E-state index contributed by atoms with van der Waals surface area (Å²) in [5.41, 5.74) is 2.17. The first kappa shape index (κ1) is 15.5. The summed E-state index contributed by atoms with van der Waals surface area (Å²) >= 11 is 0. The lowest BCUT2D eigenvalue weighted by Crippen LogP contribution is -2.27. The van der Waals surface area contributed by atoms with Crippen molar-refractivity contribution in [3.8, 4) is 0 Å². The van der Waals surface area contributed by atoms with E-state index in [4.69, 9.17) is 4.52 Å². The molecule has 3 rings (SSSR count). The number of fused-ring (bicyclic) bond motifs is 1. The zero-order valence-electron chi connectivity index (χ0n) is 12.7. The molecule has 0 saturated carbocycles. The fourth-order valence-corrected chi connectivity index (χ4v) is 3.51. The van der Waals surface area contributed by atoms with Crippen LogP contribution < -0.4 is 9.62 Å². The van der Waals surface area contributed by atoms with E-state index in [9.17, 15) is 13.2 Å². The van der Waals surface area contributed by atoms with Crippen LogP contribution in [0.15, 0.2) is 22.7 Å². The molecule has 0 atom stereocenters. The number of benzene rings is 1. The predicted octanol–water partition coefficient (Wildman–Crippen LogP) is 0.881. The van der Waals surface area contributed by atoms with Gasteiger partial charge in [-0.2, -0.15) is 4.98 Å². The van der Waals surface area contributed by atoms with Crippen molar-refractivity contribution in [1.29, 1.82) is 0 Å². The first-order valence-electron chi connectivity index (χ1n) is 7.02. The molecule has 1 aromatic heterocycles. The number of aromatic nitrogens is 2. The first-order chi connectivity index (χ1) is 10.8. The number of amides is 1. The van der Waals surface area contributed by atoms with Crippen LogP contribution in [0.1, 0.15) is 17.3 Å². The SMILES string of the molecule is Cc1nc(CC(=O)Nc2ccc3c(c2)CCN3S(C)(=O)=O)no1. The number of aryl methyl sites for hydroxylation is 1. The number of sulfonamides is 1. The Balaban J connectivity index is 1.72. The normalized spacial score (nSPS) is 13.9. The summed E-state index contributed by atoms with van der Waals surface area (Å²) in [7, 11) is -3.27. The molecule has 1 aromatic carbocycles. The number of carbonyl (C=O) groups excluding carboxylic acids is 1. The highest BCUT2D eigenvalue weighted by atomic mass is 32.2. The third kappa shape index (κ3) is 3.34. The fraction of sp³-hybridized carbons (Fsp3) is 0.357. The van der Waals surface area contributed by atoms with E-state index in [-0.39, 0.29) is 12.3 Å². The molecular formula is C14H16N4O4S. The van der Waals surface area contributed by atoms with Gasteiger partial charge in [0.25, 0.3) is 0 Å². The molecule has 1 aliphatic rings. The molecule has 0 radical (unpaired) electrons. The summed E-state index contributed by atoms with van der Waals surface area (Å²) < 4.78 is 29.6. The van der Waals surface area contributed by atoms with Crippen LogP contribution in [0.4, 0.5) is 11.4 Å². The molecule has 0 aliphatic carbocycles. The van der Waals surface area contributed by atoms with E-state index in [0.29, 0.717) is 36.1 Å². The van der Waals surface area contributed by atoms with Crippen LogP contribution in [0.3, 0.4) is 0 Å². The third-order valence-electron chi connectivity index (χ3n) is 3.50. The monoisotopic (exact) mass is 336 g/mol. The topological polar surface area (TPSA) is 105 Å². The van der Waals surface area contributed by atoms with Gasteiger partial charge < -0.3 is 9.84 Å². The molecule has 1 aliphatic heterocycles. The molecule has 23 heavy (non-hydrogen) atoms. The van der Waals surface area contributed by atoms with Gasteiger partial charge in [-0.05, 0) is 30.2 Å². The highest BCUT2D eigenvalue weighted by Gasteiger charge is 2.26. The molecule has 9 heteroatoms. The highest BCUT2D eigenvalue weighted by Crippen LogP contribution is 2.32. The summed E-state index contributed by atoms with van der Waals surface area (Å²) in [6.45, 7) is 2.08. The van der Waals surface area contributed by atoms with Crippen LogP contribution in [0.5, 0.6) is 0 Å². The molecule has 122 valence electrons. The van der Waals surface area contributed by atoms with Gasteiger partial charge in [-0.3, -0.25) is 9.10 Å². The quantitative estimate of drug-likeness (QED) is 0.888. The van der Waals surface area contributed by atoms with Crippen molar-refractivity contribution in [2.45, 2.75) is 19.8 Å². The first-order valence-corrected chi connectivity index (χ1v) is 8.87. The third-order valence-corrected chi connectivity index (χ3v) is 4.68. The predicted molar refractivity (Wildman–Crippen MR) is 83.7 cm³/mol. The number of nitrogens with one attached hydrogen (secondary N) is 1. The van der Waals surface area contributed by atoms with E-state index in [1.54, 1.807) is 25.1 Å². The minimum Gasteiger partial charge on any atom is -0.340 e. The maximum Gasteiger partial charge on any atom is 0.232 e. The van der Waals surface area contributed by atoms with Gasteiger partial charge in [0.2, 0.25) is 21.8 Å². The summed E-state index contributed by atoms with van der Waals surface area (Å²) in [5.74, 6) is 0.472. The smallest absolute Gasteiger partial charge is 0.232 e. The fourth-order valence-electron chi connectivity index (χ4n) is 2.56. The van der Waals surface area contributed by atoms with Crippen LogP contribution >= 0.6 is 0 Å². The van der Waals surface area contributed by atoms with E-state index >= 15 is 0 Å². The molecule has 0 bridgehead atoms. The number of anilines is 2. The van der Waals surface area contributed by atoms with E-state index in [0.717, 1.165) is 5.56 Å². The van der Waals surface area contributed by atoms with Gasteiger partial charge >= 0.3 is 0 Å². The van der Waals surface area contributed by atoms with Crippen molar-refractivity contribution in [2.24, 2.45) is 0 Å². The van der Waals surface area contributed by atoms with E-state index in [1.165, 1.54) is 10.6 Å². The van der Waals surface area contributed by atoms with Gasteiger partial charge in [-0.15, -0.1) is 0 Å². The van der Waals surface area contributed by atoms with Crippen LogP contribution in [-0.4, -0.2) is 37.3 Å². The largest absolute Gasteiger partial charge is 0.340 e. The van der Waals surface area contributed by atoms with Gasteiger partial charge in [0, 0.05) is 19.2 Å². The molecule has 1 amide bonds. The molecular weight excluding hydrogens is 320 g/mol. The molecule has 8 nitrogen and oxygen atoms in total. The Morgan fingerprint density at radius 2 is 2.22 bits per heavy atom. The molecule has 0 unspecified atom stereocenters. The van der Waals surface area contributed by atoms with Crippen LogP contribution in [0, 0.1) is 6.92 Å². The highest BCUT2D eigenvalue weighted by molar-refractivity contribution is 7.92. The standard InChI is InChI=1S/C14H16N4O4S/c1-9-15-13(17-22-9)8-14(19)16-11-3-4-12-10(7-11)5-6-18(12)23(2,20)21/h3-4,7H,5-6,8H2,1-2H3,(H,16,19). The zero-order chi connectivity index (χ0) is 16.6. The van der Waals surface area contributed by atoms with Gasteiger partial charge in [-0.25, -0.2) is 8.42 Å². The Morgan fingerprint density at radius 1 is 1.43 bits per heavy atom. The molecule has 0 spiro atoms. The number of hydrogen-bond acceptors (Lipinski definition) is 6. The zero-order valence-corrected chi connectivity index (χ0v) is 13.6. The Hall–Kier alpha value is -2.42. The average Bonchev–Trinajstić information content (AvgIpc) is 3.03. The lowest BCUT2D eigenvalue weighted by atomic mass is 10.1. The van der Waals surface area contributed by atoms with Gasteiger partial charge in [0.15, 0.2) is 5.82 Å². The average molecular weight is 336 g/mol. The Labute approximate surface area is 133 Å². The lowest BCUT2D eigenvalue weighted by molar-refractivity contribution is -0.115. The van der Waals surface area contributed by atoms with Crippen LogP contribution in [-0.2, 0) is 27.7 Å². The summed E-state index contributed by atoms with van der Waals surface area (Å²) in [4.78, 5) is 16.0. The van der Waals surface area contributed by atoms with Crippen molar-refractivity contribution in [1.82, 2.24) is 10.1 Å². The Morgan fingerprint density at radius 3 is 2.87 bits per heavy atom. The molecule has 2 aromatic rings. The summed E-state index contributed by atoms with van der Waals surface area (Å²) in [5, 5.41) is 6.43. The van der Waals surface area contributed by atoms with Crippen molar-refractivity contribution >= 4 is 27.3 Å². The number of nitrogens with zero attached hydrogens (tertiary/aromatic N) is 3. The second-order valence-electron chi connectivity index (χ2n) is 5.38. The van der Waals surface area contributed by atoms with Crippen LogP contribution in [0.2, 0.25) is 0 Å². The minimum atomic E-state index is -3.27. The minimum absolute atomic E-state index is 0.0177. The van der Waals surface area contributed by atoms with Crippen molar-refractivity contribution in [3.63, 3.8) is 0 Å². The van der Waals surface area contributed by atoms with E-state index in [1.807, 2.05) is 0 Å². The Bertz CT molecular complexity index is 859. The second kappa shape index (κ2) is 5.65. The van der Waals surface area contributed by atoms with Gasteiger partial charge in [0.1, 0.15) is 0 Å². The molecule has 2 heterocycles. The Kier molecular flexibility index (Phi) is 3.80. The van der Waals surface area contributed by atoms with Crippen LogP contribution in [0.25, 0.3) is 0 Å². The molecule has 1 N–H and O–H groups in total. The number of hydrogen-bond donors (Lipinski definition) is 1. The lowest BCUT2D eigenvalue weighted by Gasteiger charge is -2.16. The maximum absolute atomic E-state index is 12.0. The molecule has 0 saturated heterocycles. The van der Waals surface area contributed by atoms with Crippen molar-refractivity contribution < 1.29 is 17.7 Å². The summed E-state index contributed by atoms with van der Waals surface area (Å²) in [6.07, 6.45) is 1.82. The molecule has 0 fully saturated rings. The number of carbonyl (C=O) groups is 1. The summed E-state index contributed by atoms with van der Waals surface area (Å²) in [6, 6.07) is 5.18.